The predicted molar refractivity (Wildman–Crippen MR) is 186 cm³/mol. The van der Waals surface area contributed by atoms with Crippen LogP contribution in [0.2, 0.25) is 0 Å². The van der Waals surface area contributed by atoms with E-state index >= 15 is 0 Å². The molecule has 264 valence electrons. The monoisotopic (exact) mass is 707 g/mol. The van der Waals surface area contributed by atoms with Crippen LogP contribution in [0.4, 0.5) is 18.9 Å². The van der Waals surface area contributed by atoms with Gasteiger partial charge in [-0.2, -0.15) is 18.3 Å². The van der Waals surface area contributed by atoms with Crippen molar-refractivity contribution in [1.82, 2.24) is 19.6 Å². The molecule has 0 unspecified atom stereocenters. The van der Waals surface area contributed by atoms with Gasteiger partial charge in [-0.1, -0.05) is 51.0 Å². The van der Waals surface area contributed by atoms with E-state index in [0.29, 0.717) is 24.5 Å². The molecule has 1 aliphatic heterocycles. The maximum absolute atomic E-state index is 14.3. The zero-order chi connectivity index (χ0) is 36.0. The second-order valence-corrected chi connectivity index (χ2v) is 13.4. The summed E-state index contributed by atoms with van der Waals surface area (Å²) in [5.74, 6) is -1.30. The number of anilines is 1. The van der Waals surface area contributed by atoms with Gasteiger partial charge in [0, 0.05) is 47.9 Å². The molecule has 0 aliphatic carbocycles. The minimum atomic E-state index is -4.46. The highest BCUT2D eigenvalue weighted by Crippen LogP contribution is 2.37. The van der Waals surface area contributed by atoms with Crippen molar-refractivity contribution >= 4 is 35.2 Å². The number of carbonyl (C=O) groups excluding carboxylic acids is 3. The molecule has 3 amide bonds. The second-order valence-electron chi connectivity index (χ2n) is 12.2. The quantitative estimate of drug-likeness (QED) is 0.147. The maximum Gasteiger partial charge on any atom is 0.446 e. The number of aryl methyl sites for hydroxylation is 1. The van der Waals surface area contributed by atoms with Crippen molar-refractivity contribution in [1.29, 1.82) is 0 Å². The lowest BCUT2D eigenvalue weighted by Crippen LogP contribution is -2.44. The van der Waals surface area contributed by atoms with Crippen molar-refractivity contribution in [3.05, 3.63) is 106 Å². The Bertz CT molecular complexity index is 1840. The van der Waals surface area contributed by atoms with Crippen LogP contribution in [0, 0.1) is 6.92 Å². The number of unbranched alkanes of at least 4 members (excludes halogenated alkanes) is 2. The summed E-state index contributed by atoms with van der Waals surface area (Å²) in [6, 6.07) is 18.9. The van der Waals surface area contributed by atoms with Gasteiger partial charge in [0.1, 0.15) is 6.23 Å². The number of aliphatic hydroxyl groups excluding tert-OH is 1. The van der Waals surface area contributed by atoms with E-state index in [4.69, 9.17) is 0 Å². The lowest BCUT2D eigenvalue weighted by molar-refractivity contribution is -0.0328. The van der Waals surface area contributed by atoms with Gasteiger partial charge in [-0.15, -0.1) is 0 Å². The average Bonchev–Trinajstić information content (AvgIpc) is 3.48. The number of alkyl halides is 3. The molecule has 13 heteroatoms. The summed E-state index contributed by atoms with van der Waals surface area (Å²) in [6.45, 7) is 7.28. The first-order chi connectivity index (χ1) is 23.9. The molecule has 5 rings (SSSR count). The Kier molecular flexibility index (Phi) is 11.7. The number of hydrogen-bond acceptors (Lipinski definition) is 6. The fourth-order valence-corrected chi connectivity index (χ4v) is 6.39. The first kappa shape index (κ1) is 36.7. The van der Waals surface area contributed by atoms with Gasteiger partial charge in [0.15, 0.2) is 5.69 Å². The Morgan fingerprint density at radius 2 is 1.62 bits per heavy atom. The zero-order valence-corrected chi connectivity index (χ0v) is 29.0. The smallest absolute Gasteiger partial charge is 0.373 e. The molecular formula is C37H40F3N5O4S. The number of aromatic nitrogens is 2. The lowest BCUT2D eigenvalue weighted by atomic mass is 9.97. The third-order valence-corrected chi connectivity index (χ3v) is 9.24. The highest BCUT2D eigenvalue weighted by atomic mass is 32.2. The average molecular weight is 708 g/mol. The van der Waals surface area contributed by atoms with Crippen LogP contribution in [0.3, 0.4) is 0 Å². The number of nitrogens with one attached hydrogen (secondary N) is 1. The van der Waals surface area contributed by atoms with E-state index < -0.39 is 23.6 Å². The SMILES string of the molecule is CCCCN(CCCC)C(=O)c1cc(C)n(-c2ccc(NC(=O)c3ccc(SC(F)(F)F)cc3)cc2C(=O)N2Cc3ccccc3C[C@H]2O)n1. The number of carbonyl (C=O) groups is 3. The standard InChI is InChI=1S/C37H40F3N5O4S/c1-4-6-18-43(19-7-5-2)36(49)31-20-24(3)45(42-31)32-17-14-28(41-34(47)25-12-15-29(16-13-25)50-37(38,39)40)22-30(32)35(48)44-23-27-11-9-8-10-26(27)21-33(44)46/h8-17,20,22,33,46H,4-7,18-19,21,23H2,1-3H3,(H,41,47)/t33-/m1/s1. The van der Waals surface area contributed by atoms with Crippen LogP contribution in [0.1, 0.15) is 87.6 Å². The van der Waals surface area contributed by atoms with E-state index in [0.717, 1.165) is 36.8 Å². The first-order valence-electron chi connectivity index (χ1n) is 16.6. The summed E-state index contributed by atoms with van der Waals surface area (Å²) in [7, 11) is 0. The van der Waals surface area contributed by atoms with Gasteiger partial charge in [0.25, 0.3) is 17.7 Å². The molecule has 1 atom stereocenters. The molecule has 0 fully saturated rings. The number of halogens is 3. The Morgan fingerprint density at radius 3 is 2.26 bits per heavy atom. The highest BCUT2D eigenvalue weighted by Gasteiger charge is 2.32. The topological polar surface area (TPSA) is 108 Å². The summed E-state index contributed by atoms with van der Waals surface area (Å²) in [4.78, 5) is 44.2. The fraction of sp³-hybridized carbons (Fsp3) is 0.351. The van der Waals surface area contributed by atoms with Gasteiger partial charge in [0.2, 0.25) is 0 Å². The van der Waals surface area contributed by atoms with Crippen molar-refractivity contribution in [3.63, 3.8) is 0 Å². The summed E-state index contributed by atoms with van der Waals surface area (Å²) in [5, 5.41) is 18.5. The molecular weight excluding hydrogens is 667 g/mol. The number of fused-ring (bicyclic) bond motifs is 1. The Morgan fingerprint density at radius 1 is 0.960 bits per heavy atom. The van der Waals surface area contributed by atoms with E-state index in [1.54, 1.807) is 30.0 Å². The minimum absolute atomic E-state index is 0.0563. The predicted octanol–water partition coefficient (Wildman–Crippen LogP) is 7.60. The van der Waals surface area contributed by atoms with Crippen LogP contribution in [-0.2, 0) is 13.0 Å². The number of rotatable bonds is 12. The van der Waals surface area contributed by atoms with Crippen LogP contribution in [0.25, 0.3) is 5.69 Å². The van der Waals surface area contributed by atoms with Crippen LogP contribution < -0.4 is 5.32 Å². The molecule has 0 bridgehead atoms. The molecule has 4 aromatic rings. The van der Waals surface area contributed by atoms with Crippen molar-refractivity contribution in [2.75, 3.05) is 18.4 Å². The second kappa shape index (κ2) is 15.9. The number of aliphatic hydroxyl groups is 1. The van der Waals surface area contributed by atoms with Crippen LogP contribution in [0.5, 0.6) is 0 Å². The third kappa shape index (κ3) is 8.75. The van der Waals surface area contributed by atoms with E-state index in [2.05, 4.69) is 24.3 Å². The van der Waals surface area contributed by atoms with Gasteiger partial charge >= 0.3 is 5.51 Å². The molecule has 2 N–H and O–H groups in total. The molecule has 0 spiro atoms. The molecule has 3 aromatic carbocycles. The molecule has 50 heavy (non-hydrogen) atoms. The summed E-state index contributed by atoms with van der Waals surface area (Å²) >= 11 is -0.274. The van der Waals surface area contributed by atoms with Crippen molar-refractivity contribution in [3.8, 4) is 5.69 Å². The Labute approximate surface area is 293 Å². The highest BCUT2D eigenvalue weighted by molar-refractivity contribution is 8.00. The Hall–Kier alpha value is -4.62. The van der Waals surface area contributed by atoms with Crippen LogP contribution >= 0.6 is 11.8 Å². The molecule has 1 aliphatic rings. The van der Waals surface area contributed by atoms with Crippen molar-refractivity contribution < 1.29 is 32.7 Å². The van der Waals surface area contributed by atoms with Crippen LogP contribution in [-0.4, -0.2) is 67.2 Å². The number of thioether (sulfide) groups is 1. The fourth-order valence-electron chi connectivity index (χ4n) is 5.85. The largest absolute Gasteiger partial charge is 0.446 e. The minimum Gasteiger partial charge on any atom is -0.373 e. The Balaban J connectivity index is 1.49. The molecule has 0 saturated heterocycles. The molecule has 9 nitrogen and oxygen atoms in total. The first-order valence-corrected chi connectivity index (χ1v) is 17.4. The van der Waals surface area contributed by atoms with Gasteiger partial charge in [0.05, 0.1) is 11.3 Å². The normalized spacial score (nSPS) is 14.3. The van der Waals surface area contributed by atoms with E-state index in [1.165, 1.54) is 39.9 Å². The molecule has 1 aromatic heterocycles. The van der Waals surface area contributed by atoms with Crippen LogP contribution in [0.15, 0.2) is 77.7 Å². The molecule has 2 heterocycles. The lowest BCUT2D eigenvalue weighted by Gasteiger charge is -2.34. The van der Waals surface area contributed by atoms with Crippen molar-refractivity contribution in [2.45, 2.75) is 76.1 Å². The van der Waals surface area contributed by atoms with E-state index in [9.17, 15) is 32.7 Å². The molecule has 0 saturated carbocycles. The number of nitrogens with zero attached hydrogens (tertiary/aromatic N) is 4. The number of hydrogen-bond donors (Lipinski definition) is 2. The summed E-state index contributed by atoms with van der Waals surface area (Å²) < 4.78 is 39.9. The van der Waals surface area contributed by atoms with Gasteiger partial charge in [-0.25, -0.2) is 4.68 Å². The summed E-state index contributed by atoms with van der Waals surface area (Å²) in [5.41, 5.74) is -0.944. The summed E-state index contributed by atoms with van der Waals surface area (Å²) in [6.07, 6.45) is 2.72. The third-order valence-electron chi connectivity index (χ3n) is 8.50. The maximum atomic E-state index is 14.3. The van der Waals surface area contributed by atoms with Gasteiger partial charge in [-0.3, -0.25) is 14.4 Å². The van der Waals surface area contributed by atoms with E-state index in [1.807, 2.05) is 24.3 Å². The van der Waals surface area contributed by atoms with E-state index in [-0.39, 0.29) is 58.0 Å². The zero-order valence-electron chi connectivity index (χ0n) is 28.2. The molecule has 0 radical (unpaired) electrons. The number of amides is 3. The van der Waals surface area contributed by atoms with Crippen molar-refractivity contribution in [2.24, 2.45) is 0 Å². The van der Waals surface area contributed by atoms with Gasteiger partial charge in [-0.05, 0) is 91.2 Å². The van der Waals surface area contributed by atoms with Gasteiger partial charge < -0.3 is 20.2 Å². The number of benzene rings is 3.